The Morgan fingerprint density at radius 1 is 1.30 bits per heavy atom. The number of nitrogens with one attached hydrogen (secondary N) is 2. The molecule has 1 atom stereocenters. The number of carbonyl (C=O) groups is 1. The van der Waals surface area contributed by atoms with Gasteiger partial charge >= 0.3 is 6.03 Å². The number of rotatable bonds is 5. The molecule has 6 heteroatoms. The number of anilines is 1. The molecule has 1 heterocycles. The monoisotopic (exact) mass is 309 g/mol. The molecule has 2 amide bonds. The van der Waals surface area contributed by atoms with Crippen LogP contribution in [0.3, 0.4) is 0 Å². The summed E-state index contributed by atoms with van der Waals surface area (Å²) >= 11 is 7.47. The molecule has 0 fully saturated rings. The van der Waals surface area contributed by atoms with E-state index in [1.54, 1.807) is 11.3 Å². The molecule has 2 aromatic rings. The Bertz CT molecular complexity index is 582. The van der Waals surface area contributed by atoms with Gasteiger partial charge in [-0.2, -0.15) is 0 Å². The number of urea groups is 1. The number of benzene rings is 1. The third kappa shape index (κ3) is 4.23. The van der Waals surface area contributed by atoms with Crippen LogP contribution in [-0.2, 0) is 6.54 Å². The van der Waals surface area contributed by atoms with Crippen LogP contribution in [0.2, 0.25) is 4.34 Å². The molecule has 20 heavy (non-hydrogen) atoms. The van der Waals surface area contributed by atoms with Gasteiger partial charge in [0.05, 0.1) is 4.34 Å². The van der Waals surface area contributed by atoms with Crippen LogP contribution >= 0.6 is 22.9 Å². The molecule has 0 saturated carbocycles. The van der Waals surface area contributed by atoms with Gasteiger partial charge in [0.1, 0.15) is 0 Å². The van der Waals surface area contributed by atoms with Gasteiger partial charge in [0.15, 0.2) is 0 Å². The van der Waals surface area contributed by atoms with Gasteiger partial charge in [-0.05, 0) is 36.8 Å². The fourth-order valence-electron chi connectivity index (χ4n) is 1.82. The summed E-state index contributed by atoms with van der Waals surface area (Å²) in [6, 6.07) is 11.2. The van der Waals surface area contributed by atoms with Gasteiger partial charge in [0.2, 0.25) is 0 Å². The molecule has 0 bridgehead atoms. The van der Waals surface area contributed by atoms with E-state index in [0.29, 0.717) is 5.69 Å². The van der Waals surface area contributed by atoms with Gasteiger partial charge in [0, 0.05) is 23.2 Å². The lowest BCUT2D eigenvalue weighted by Gasteiger charge is -2.14. The lowest BCUT2D eigenvalue weighted by molar-refractivity contribution is 0.259. The second-order valence-corrected chi connectivity index (χ2v) is 6.22. The summed E-state index contributed by atoms with van der Waals surface area (Å²) in [7, 11) is 0. The lowest BCUT2D eigenvalue weighted by Crippen LogP contribution is -2.19. The summed E-state index contributed by atoms with van der Waals surface area (Å²) in [6.07, 6.45) is 0. The maximum Gasteiger partial charge on any atom is 0.316 e. The molecule has 1 aromatic heterocycles. The first-order valence-corrected chi connectivity index (χ1v) is 7.38. The molecule has 1 aromatic carbocycles. The van der Waals surface area contributed by atoms with Crippen molar-refractivity contribution in [2.45, 2.75) is 19.5 Å². The van der Waals surface area contributed by atoms with E-state index >= 15 is 0 Å². The van der Waals surface area contributed by atoms with Crippen molar-refractivity contribution in [2.24, 2.45) is 5.73 Å². The van der Waals surface area contributed by atoms with E-state index in [0.717, 1.165) is 16.4 Å². The summed E-state index contributed by atoms with van der Waals surface area (Å²) in [4.78, 5) is 11.9. The van der Waals surface area contributed by atoms with Gasteiger partial charge in [0.25, 0.3) is 0 Å². The molecule has 0 aliphatic carbocycles. The summed E-state index contributed by atoms with van der Waals surface area (Å²) in [5, 5.41) is 5.97. The Kier molecular flexibility index (Phi) is 5.00. The van der Waals surface area contributed by atoms with E-state index in [1.165, 1.54) is 4.88 Å². The molecule has 106 valence electrons. The van der Waals surface area contributed by atoms with E-state index in [4.69, 9.17) is 17.3 Å². The summed E-state index contributed by atoms with van der Waals surface area (Å²) < 4.78 is 0.802. The first-order chi connectivity index (χ1) is 9.54. The molecule has 0 radical (unpaired) electrons. The van der Waals surface area contributed by atoms with Crippen molar-refractivity contribution in [3.8, 4) is 0 Å². The minimum absolute atomic E-state index is 0.207. The number of halogens is 1. The van der Waals surface area contributed by atoms with Crippen LogP contribution in [0.25, 0.3) is 0 Å². The van der Waals surface area contributed by atoms with Gasteiger partial charge in [-0.1, -0.05) is 23.7 Å². The number of hydrogen-bond acceptors (Lipinski definition) is 3. The van der Waals surface area contributed by atoms with Gasteiger partial charge in [-0.25, -0.2) is 4.79 Å². The zero-order chi connectivity index (χ0) is 14.5. The number of nitrogens with two attached hydrogens (primary N) is 1. The maximum absolute atomic E-state index is 10.7. The predicted octanol–water partition coefficient (Wildman–Crippen LogP) is 3.74. The van der Waals surface area contributed by atoms with Crippen LogP contribution in [0.4, 0.5) is 10.5 Å². The van der Waals surface area contributed by atoms with E-state index in [1.807, 2.05) is 36.4 Å². The Balaban J connectivity index is 1.91. The fourth-order valence-corrected chi connectivity index (χ4v) is 2.85. The summed E-state index contributed by atoms with van der Waals surface area (Å²) in [5.41, 5.74) is 6.90. The van der Waals surface area contributed by atoms with Crippen LogP contribution in [0.1, 0.15) is 23.4 Å². The zero-order valence-electron chi connectivity index (χ0n) is 11.0. The standard InChI is InChI=1S/C14H16ClN3OS/c1-9(17-8-12-6-7-13(15)20-12)10-2-4-11(5-3-10)18-14(16)19/h2-7,9,17H,8H2,1H3,(H3,16,18,19). The molecule has 0 saturated heterocycles. The first kappa shape index (κ1) is 14.8. The largest absolute Gasteiger partial charge is 0.351 e. The lowest BCUT2D eigenvalue weighted by atomic mass is 10.1. The normalized spacial score (nSPS) is 12.1. The molecule has 4 N–H and O–H groups in total. The minimum Gasteiger partial charge on any atom is -0.351 e. The van der Waals surface area contributed by atoms with Crippen LogP contribution in [0.15, 0.2) is 36.4 Å². The molecule has 0 aliphatic heterocycles. The van der Waals surface area contributed by atoms with Crippen molar-refractivity contribution in [3.63, 3.8) is 0 Å². The highest BCUT2D eigenvalue weighted by atomic mass is 35.5. The van der Waals surface area contributed by atoms with Gasteiger partial charge in [-0.3, -0.25) is 0 Å². The Labute approximate surface area is 126 Å². The molecular weight excluding hydrogens is 294 g/mol. The van der Waals surface area contributed by atoms with E-state index in [9.17, 15) is 4.79 Å². The van der Waals surface area contributed by atoms with Gasteiger partial charge < -0.3 is 16.4 Å². The first-order valence-electron chi connectivity index (χ1n) is 6.18. The van der Waals surface area contributed by atoms with Crippen molar-refractivity contribution < 1.29 is 4.79 Å². The quantitative estimate of drug-likeness (QED) is 0.787. The highest BCUT2D eigenvalue weighted by Gasteiger charge is 2.06. The SMILES string of the molecule is CC(NCc1ccc(Cl)s1)c1ccc(NC(N)=O)cc1. The van der Waals surface area contributed by atoms with Crippen LogP contribution in [-0.4, -0.2) is 6.03 Å². The number of primary amides is 1. The Morgan fingerprint density at radius 3 is 2.55 bits per heavy atom. The predicted molar refractivity (Wildman–Crippen MR) is 84.2 cm³/mol. The van der Waals surface area contributed by atoms with Crippen LogP contribution in [0.5, 0.6) is 0 Å². The maximum atomic E-state index is 10.7. The van der Waals surface area contributed by atoms with Crippen molar-refractivity contribution in [1.82, 2.24) is 5.32 Å². The third-order valence-corrected chi connectivity index (χ3v) is 4.12. The highest BCUT2D eigenvalue weighted by Crippen LogP contribution is 2.22. The minimum atomic E-state index is -0.557. The second kappa shape index (κ2) is 6.74. The number of amides is 2. The Hall–Kier alpha value is -1.56. The van der Waals surface area contributed by atoms with Crippen LogP contribution < -0.4 is 16.4 Å². The van der Waals surface area contributed by atoms with E-state index in [2.05, 4.69) is 17.6 Å². The van der Waals surface area contributed by atoms with Crippen molar-refractivity contribution in [1.29, 1.82) is 0 Å². The average molecular weight is 310 g/mol. The van der Waals surface area contributed by atoms with Crippen molar-refractivity contribution in [2.75, 3.05) is 5.32 Å². The highest BCUT2D eigenvalue weighted by molar-refractivity contribution is 7.16. The fraction of sp³-hybridized carbons (Fsp3) is 0.214. The molecule has 2 rings (SSSR count). The molecular formula is C14H16ClN3OS. The second-order valence-electron chi connectivity index (χ2n) is 4.42. The van der Waals surface area contributed by atoms with E-state index in [-0.39, 0.29) is 6.04 Å². The van der Waals surface area contributed by atoms with Crippen molar-refractivity contribution >= 4 is 34.7 Å². The smallest absolute Gasteiger partial charge is 0.316 e. The molecule has 1 unspecified atom stereocenters. The Morgan fingerprint density at radius 2 is 2.00 bits per heavy atom. The average Bonchev–Trinajstić information content (AvgIpc) is 2.82. The molecule has 0 aliphatic rings. The van der Waals surface area contributed by atoms with E-state index < -0.39 is 6.03 Å². The van der Waals surface area contributed by atoms with Crippen molar-refractivity contribution in [3.05, 3.63) is 51.2 Å². The topological polar surface area (TPSA) is 67.2 Å². The third-order valence-electron chi connectivity index (χ3n) is 2.89. The number of hydrogen-bond donors (Lipinski definition) is 3. The summed E-state index contributed by atoms with van der Waals surface area (Å²) in [5.74, 6) is 0. The zero-order valence-corrected chi connectivity index (χ0v) is 12.6. The number of carbonyl (C=O) groups excluding carboxylic acids is 1. The molecule has 0 spiro atoms. The van der Waals surface area contributed by atoms with Gasteiger partial charge in [-0.15, -0.1) is 11.3 Å². The summed E-state index contributed by atoms with van der Waals surface area (Å²) in [6.45, 7) is 2.87. The van der Waals surface area contributed by atoms with Crippen LogP contribution in [0, 0.1) is 0 Å². The molecule has 4 nitrogen and oxygen atoms in total. The number of thiophene rings is 1.